The van der Waals surface area contributed by atoms with Crippen molar-refractivity contribution in [3.63, 3.8) is 0 Å². The van der Waals surface area contributed by atoms with Crippen LogP contribution in [0.15, 0.2) is 70.4 Å². The van der Waals surface area contributed by atoms with E-state index in [0.29, 0.717) is 10.6 Å². The third-order valence-electron chi connectivity index (χ3n) is 4.90. The van der Waals surface area contributed by atoms with E-state index in [1.165, 1.54) is 24.4 Å². The van der Waals surface area contributed by atoms with Gasteiger partial charge >= 0.3 is 17.3 Å². The Kier molecular flexibility index (Phi) is 7.35. The summed E-state index contributed by atoms with van der Waals surface area (Å²) in [4.78, 5) is 40.5. The molecule has 0 saturated heterocycles. The van der Waals surface area contributed by atoms with Crippen LogP contribution in [0.3, 0.4) is 0 Å². The van der Waals surface area contributed by atoms with Gasteiger partial charge in [-0.3, -0.25) is 9.36 Å². The van der Waals surface area contributed by atoms with Crippen molar-refractivity contribution in [2.75, 3.05) is 5.32 Å². The molecule has 2 N–H and O–H groups in total. The predicted molar refractivity (Wildman–Crippen MR) is 127 cm³/mol. The molecule has 0 atom stereocenters. The normalized spacial score (nSPS) is 10.7. The summed E-state index contributed by atoms with van der Waals surface area (Å²) in [6.07, 6.45) is 1.01. The molecule has 0 fully saturated rings. The number of aliphatic carboxylic acids is 1. The number of nitrogens with one attached hydrogen (secondary N) is 1. The van der Waals surface area contributed by atoms with Crippen LogP contribution in [-0.2, 0) is 17.9 Å². The number of rotatable bonds is 9. The average Bonchev–Trinajstić information content (AvgIpc) is 2.85. The first-order valence-electron chi connectivity index (χ1n) is 10.5. The Labute approximate surface area is 207 Å². The summed E-state index contributed by atoms with van der Waals surface area (Å²) in [5, 5.41) is 19.6. The highest BCUT2D eigenvalue weighted by molar-refractivity contribution is 6.30. The quantitative estimate of drug-likeness (QED) is 0.346. The van der Waals surface area contributed by atoms with Crippen molar-refractivity contribution in [3.05, 3.63) is 98.2 Å². The van der Waals surface area contributed by atoms with Crippen molar-refractivity contribution in [1.82, 2.24) is 24.3 Å². The lowest BCUT2D eigenvalue weighted by Crippen LogP contribution is -2.43. The molecular weight excluding hydrogens is 495 g/mol. The molecule has 0 bridgehead atoms. The standard InChI is InChI=1S/C23H18ClFN6O5/c24-15-5-3-14(4-6-15)13-31-21(28-22(34)30(23(31)35)11-9-20(32)33)27-16-7-8-18(17(25)12-16)36-19-2-1-10-26-29-19/h1-8,10,12H,9,11,13H2,(H,32,33)(H,27,28,34). The van der Waals surface area contributed by atoms with Crippen LogP contribution in [0, 0.1) is 5.82 Å². The highest BCUT2D eigenvalue weighted by Gasteiger charge is 2.16. The van der Waals surface area contributed by atoms with Gasteiger partial charge in [0.05, 0.1) is 13.0 Å². The number of halogens is 2. The van der Waals surface area contributed by atoms with Gasteiger partial charge < -0.3 is 15.2 Å². The summed E-state index contributed by atoms with van der Waals surface area (Å²) in [5.74, 6) is -2.09. The van der Waals surface area contributed by atoms with Crippen molar-refractivity contribution in [3.8, 4) is 11.6 Å². The zero-order valence-electron chi connectivity index (χ0n) is 18.5. The first-order valence-corrected chi connectivity index (χ1v) is 10.9. The first kappa shape index (κ1) is 24.5. The number of carboxylic acids is 1. The maximum absolute atomic E-state index is 14.7. The van der Waals surface area contributed by atoms with E-state index in [0.717, 1.165) is 15.2 Å². The van der Waals surface area contributed by atoms with Gasteiger partial charge in [-0.1, -0.05) is 23.7 Å². The molecule has 13 heteroatoms. The topological polar surface area (TPSA) is 141 Å². The largest absolute Gasteiger partial charge is 0.481 e. The van der Waals surface area contributed by atoms with E-state index in [2.05, 4.69) is 20.5 Å². The highest BCUT2D eigenvalue weighted by Crippen LogP contribution is 2.26. The van der Waals surface area contributed by atoms with Crippen LogP contribution in [-0.4, -0.2) is 35.4 Å². The molecule has 4 rings (SSSR count). The summed E-state index contributed by atoms with van der Waals surface area (Å²) in [5.41, 5.74) is -0.886. The second kappa shape index (κ2) is 10.8. The van der Waals surface area contributed by atoms with Crippen LogP contribution in [0.4, 0.5) is 16.0 Å². The SMILES string of the molecule is O=C(O)CCn1c(=O)nc(Nc2ccc(Oc3cccnn3)c(F)c2)n(Cc2ccc(Cl)cc2)c1=O. The van der Waals surface area contributed by atoms with Crippen LogP contribution < -0.4 is 21.4 Å². The molecule has 0 unspecified atom stereocenters. The lowest BCUT2D eigenvalue weighted by atomic mass is 10.2. The summed E-state index contributed by atoms with van der Waals surface area (Å²) in [6.45, 7) is -0.376. The van der Waals surface area contributed by atoms with Gasteiger partial charge in [0.25, 0.3) is 0 Å². The molecule has 2 aromatic heterocycles. The number of benzene rings is 2. The van der Waals surface area contributed by atoms with E-state index in [-0.39, 0.29) is 36.4 Å². The Morgan fingerprint density at radius 1 is 1.11 bits per heavy atom. The molecule has 0 aliphatic rings. The fourth-order valence-electron chi connectivity index (χ4n) is 3.18. The number of ether oxygens (including phenoxy) is 1. The molecule has 11 nitrogen and oxygen atoms in total. The molecule has 184 valence electrons. The highest BCUT2D eigenvalue weighted by atomic mass is 35.5. The fraction of sp³-hybridized carbons (Fsp3) is 0.130. The van der Waals surface area contributed by atoms with Gasteiger partial charge in [-0.25, -0.2) is 18.5 Å². The molecule has 4 aromatic rings. The van der Waals surface area contributed by atoms with Crippen molar-refractivity contribution >= 4 is 29.2 Å². The van der Waals surface area contributed by atoms with Crippen molar-refractivity contribution in [2.45, 2.75) is 19.5 Å². The Morgan fingerprint density at radius 2 is 1.89 bits per heavy atom. The van der Waals surface area contributed by atoms with E-state index >= 15 is 0 Å². The van der Waals surface area contributed by atoms with E-state index in [4.69, 9.17) is 21.4 Å². The van der Waals surface area contributed by atoms with Gasteiger partial charge in [0.15, 0.2) is 11.6 Å². The smallest absolute Gasteiger partial charge is 0.354 e. The molecule has 36 heavy (non-hydrogen) atoms. The van der Waals surface area contributed by atoms with E-state index < -0.39 is 29.6 Å². The number of hydrogen-bond donors (Lipinski definition) is 2. The zero-order chi connectivity index (χ0) is 25.7. The number of anilines is 2. The molecule has 0 aliphatic carbocycles. The third-order valence-corrected chi connectivity index (χ3v) is 5.16. The second-order valence-corrected chi connectivity index (χ2v) is 7.88. The summed E-state index contributed by atoms with van der Waals surface area (Å²) in [7, 11) is 0. The zero-order valence-corrected chi connectivity index (χ0v) is 19.2. The van der Waals surface area contributed by atoms with Crippen molar-refractivity contribution in [1.29, 1.82) is 0 Å². The van der Waals surface area contributed by atoms with Gasteiger partial charge in [-0.2, -0.15) is 10.1 Å². The van der Waals surface area contributed by atoms with Gasteiger partial charge in [0.2, 0.25) is 11.8 Å². The van der Waals surface area contributed by atoms with Crippen LogP contribution in [0.5, 0.6) is 11.6 Å². The first-order chi connectivity index (χ1) is 17.3. The monoisotopic (exact) mass is 512 g/mol. The minimum absolute atomic E-state index is 0.0188. The average molecular weight is 513 g/mol. The lowest BCUT2D eigenvalue weighted by molar-refractivity contribution is -0.137. The Balaban J connectivity index is 1.68. The van der Waals surface area contributed by atoms with E-state index in [9.17, 15) is 18.8 Å². The van der Waals surface area contributed by atoms with Crippen molar-refractivity contribution < 1.29 is 19.0 Å². The Morgan fingerprint density at radius 3 is 2.56 bits per heavy atom. The third kappa shape index (κ3) is 5.91. The molecule has 2 heterocycles. The molecule has 0 radical (unpaired) electrons. The van der Waals surface area contributed by atoms with E-state index in [1.807, 2.05) is 0 Å². The second-order valence-electron chi connectivity index (χ2n) is 7.44. The Bertz CT molecular complexity index is 1510. The van der Waals surface area contributed by atoms with Gasteiger partial charge in [0, 0.05) is 35.6 Å². The van der Waals surface area contributed by atoms with Crippen molar-refractivity contribution in [2.24, 2.45) is 0 Å². The number of nitrogens with zero attached hydrogens (tertiary/aromatic N) is 5. The van der Waals surface area contributed by atoms with Gasteiger partial charge in [-0.05, 0) is 35.9 Å². The molecule has 0 saturated carbocycles. The number of carbonyl (C=O) groups is 1. The van der Waals surface area contributed by atoms with Crippen LogP contribution >= 0.6 is 11.6 Å². The summed E-state index contributed by atoms with van der Waals surface area (Å²) >= 11 is 5.93. The lowest BCUT2D eigenvalue weighted by Gasteiger charge is -2.16. The Hall–Kier alpha value is -4.58. The number of aromatic nitrogens is 5. The molecule has 0 spiro atoms. The van der Waals surface area contributed by atoms with Gasteiger partial charge in [-0.15, -0.1) is 5.10 Å². The van der Waals surface area contributed by atoms with E-state index in [1.54, 1.807) is 30.3 Å². The molecule has 2 aromatic carbocycles. The maximum atomic E-state index is 14.7. The van der Waals surface area contributed by atoms with Crippen LogP contribution in [0.1, 0.15) is 12.0 Å². The minimum atomic E-state index is -1.17. The minimum Gasteiger partial charge on any atom is -0.481 e. The summed E-state index contributed by atoms with van der Waals surface area (Å²) in [6, 6.07) is 13.6. The molecule has 0 amide bonds. The number of hydrogen-bond acceptors (Lipinski definition) is 8. The predicted octanol–water partition coefficient (Wildman–Crippen LogP) is 3.05. The van der Waals surface area contributed by atoms with Crippen LogP contribution in [0.25, 0.3) is 0 Å². The van der Waals surface area contributed by atoms with Crippen LogP contribution in [0.2, 0.25) is 5.02 Å². The number of carboxylic acid groups (broad SMARTS) is 1. The fourth-order valence-corrected chi connectivity index (χ4v) is 3.31. The van der Waals surface area contributed by atoms with Gasteiger partial charge in [0.1, 0.15) is 0 Å². The molecule has 0 aliphatic heterocycles. The maximum Gasteiger partial charge on any atom is 0.354 e. The molecular formula is C23H18ClFN6O5. The summed E-state index contributed by atoms with van der Waals surface area (Å²) < 4.78 is 21.9.